The van der Waals surface area contributed by atoms with E-state index in [4.69, 9.17) is 4.74 Å². The van der Waals surface area contributed by atoms with Gasteiger partial charge in [-0.15, -0.1) is 11.3 Å². The molecule has 3 rings (SSSR count). The molecule has 1 aromatic carbocycles. The summed E-state index contributed by atoms with van der Waals surface area (Å²) in [6.45, 7) is 4.22. The maximum atomic E-state index is 12.7. The van der Waals surface area contributed by atoms with E-state index in [-0.39, 0.29) is 24.9 Å². The van der Waals surface area contributed by atoms with Crippen LogP contribution in [0.5, 0.6) is 0 Å². The highest BCUT2D eigenvalue weighted by Crippen LogP contribution is 2.34. The molecule has 0 radical (unpaired) electrons. The number of nitrogens with one attached hydrogen (secondary N) is 1. The molecule has 0 aliphatic carbocycles. The zero-order chi connectivity index (χ0) is 17.2. The molecule has 0 saturated carbocycles. The fourth-order valence-corrected chi connectivity index (χ4v) is 3.42. The van der Waals surface area contributed by atoms with Gasteiger partial charge in [0, 0.05) is 4.88 Å². The third kappa shape index (κ3) is 3.43. The zero-order valence-electron chi connectivity index (χ0n) is 13.7. The number of anilines is 2. The van der Waals surface area contributed by atoms with Crippen LogP contribution in [0.15, 0.2) is 41.8 Å². The van der Waals surface area contributed by atoms with E-state index in [1.807, 2.05) is 55.6 Å². The van der Waals surface area contributed by atoms with E-state index in [0.29, 0.717) is 6.54 Å². The first-order valence-electron chi connectivity index (χ1n) is 7.84. The standard InChI is InChI=1S/C18H20N2O3S/c1-18(2)17(22)20(15-8-4-3-7-14(15)19-18)9-10-23-16(21)12-13-6-5-11-24-13/h3-8,11,19H,9-10,12H2,1-2H3. The lowest BCUT2D eigenvalue weighted by atomic mass is 9.98. The average molecular weight is 344 g/mol. The average Bonchev–Trinajstić information content (AvgIpc) is 3.03. The van der Waals surface area contributed by atoms with Gasteiger partial charge in [-0.05, 0) is 37.4 Å². The molecule has 5 nitrogen and oxygen atoms in total. The number of para-hydroxylation sites is 2. The van der Waals surface area contributed by atoms with E-state index < -0.39 is 5.54 Å². The predicted molar refractivity (Wildman–Crippen MR) is 95.5 cm³/mol. The van der Waals surface area contributed by atoms with E-state index in [2.05, 4.69) is 5.32 Å². The number of benzene rings is 1. The number of carbonyl (C=O) groups excluding carboxylic acids is 2. The number of rotatable bonds is 5. The summed E-state index contributed by atoms with van der Waals surface area (Å²) >= 11 is 1.53. The van der Waals surface area contributed by atoms with Gasteiger partial charge in [0.15, 0.2) is 0 Å². The number of nitrogens with zero attached hydrogens (tertiary/aromatic N) is 1. The number of amides is 1. The topological polar surface area (TPSA) is 58.6 Å². The summed E-state index contributed by atoms with van der Waals surface area (Å²) in [7, 11) is 0. The van der Waals surface area contributed by atoms with Crippen molar-refractivity contribution in [2.75, 3.05) is 23.4 Å². The van der Waals surface area contributed by atoms with Crippen LogP contribution in [0, 0.1) is 0 Å². The van der Waals surface area contributed by atoms with Gasteiger partial charge in [-0.25, -0.2) is 0 Å². The van der Waals surface area contributed by atoms with Crippen LogP contribution in [0.4, 0.5) is 11.4 Å². The van der Waals surface area contributed by atoms with Crippen molar-refractivity contribution in [2.45, 2.75) is 25.8 Å². The van der Waals surface area contributed by atoms with Crippen molar-refractivity contribution in [2.24, 2.45) is 0 Å². The number of thiophene rings is 1. The molecule has 0 saturated heterocycles. The zero-order valence-corrected chi connectivity index (χ0v) is 14.6. The van der Waals surface area contributed by atoms with Crippen LogP contribution in [-0.4, -0.2) is 30.6 Å². The van der Waals surface area contributed by atoms with Gasteiger partial charge in [0.05, 0.1) is 24.3 Å². The molecule has 2 aromatic rings. The molecule has 1 N–H and O–H groups in total. The summed E-state index contributed by atoms with van der Waals surface area (Å²) in [5.74, 6) is -0.303. The third-order valence-corrected chi connectivity index (χ3v) is 4.77. The minimum Gasteiger partial charge on any atom is -0.464 e. The quantitative estimate of drug-likeness (QED) is 0.847. The Bertz CT molecular complexity index is 740. The molecular weight excluding hydrogens is 324 g/mol. The smallest absolute Gasteiger partial charge is 0.311 e. The van der Waals surface area contributed by atoms with Gasteiger partial charge in [-0.1, -0.05) is 18.2 Å². The lowest BCUT2D eigenvalue weighted by Gasteiger charge is -2.39. The van der Waals surface area contributed by atoms with E-state index in [9.17, 15) is 9.59 Å². The van der Waals surface area contributed by atoms with Gasteiger partial charge in [0.1, 0.15) is 12.1 Å². The lowest BCUT2D eigenvalue weighted by molar-refractivity contribution is -0.142. The van der Waals surface area contributed by atoms with Gasteiger partial charge >= 0.3 is 5.97 Å². The van der Waals surface area contributed by atoms with Crippen molar-refractivity contribution in [1.29, 1.82) is 0 Å². The maximum Gasteiger partial charge on any atom is 0.311 e. The summed E-state index contributed by atoms with van der Waals surface area (Å²) in [6, 6.07) is 11.5. The van der Waals surface area contributed by atoms with Crippen molar-refractivity contribution in [3.05, 3.63) is 46.7 Å². The third-order valence-electron chi connectivity index (χ3n) is 3.90. The summed E-state index contributed by atoms with van der Waals surface area (Å²) in [5, 5.41) is 5.18. The van der Waals surface area contributed by atoms with Gasteiger partial charge in [0.25, 0.3) is 5.91 Å². The molecule has 0 fully saturated rings. The molecule has 1 aliphatic rings. The maximum absolute atomic E-state index is 12.7. The van der Waals surface area contributed by atoms with E-state index in [0.717, 1.165) is 16.3 Å². The van der Waals surface area contributed by atoms with E-state index >= 15 is 0 Å². The normalized spacial score (nSPS) is 15.6. The predicted octanol–water partition coefficient (Wildman–Crippen LogP) is 3.07. The van der Waals surface area contributed by atoms with Gasteiger partial charge < -0.3 is 15.0 Å². The highest BCUT2D eigenvalue weighted by molar-refractivity contribution is 7.10. The Balaban J connectivity index is 1.63. The molecule has 126 valence electrons. The Kier molecular flexibility index (Phi) is 4.57. The highest BCUT2D eigenvalue weighted by atomic mass is 32.1. The number of esters is 1. The second kappa shape index (κ2) is 6.65. The number of carbonyl (C=O) groups is 2. The molecule has 6 heteroatoms. The van der Waals surface area contributed by atoms with Crippen LogP contribution in [-0.2, 0) is 20.7 Å². The Morgan fingerprint density at radius 1 is 1.25 bits per heavy atom. The van der Waals surface area contributed by atoms with Crippen LogP contribution in [0.2, 0.25) is 0 Å². The highest BCUT2D eigenvalue weighted by Gasteiger charge is 2.38. The fourth-order valence-electron chi connectivity index (χ4n) is 2.73. The molecule has 0 spiro atoms. The Hall–Kier alpha value is -2.34. The van der Waals surface area contributed by atoms with Crippen molar-refractivity contribution in [3.8, 4) is 0 Å². The summed E-state index contributed by atoms with van der Waals surface area (Å²) in [5.41, 5.74) is 1.04. The first kappa shape index (κ1) is 16.5. The van der Waals surface area contributed by atoms with E-state index in [1.54, 1.807) is 4.90 Å². The van der Waals surface area contributed by atoms with Crippen LogP contribution >= 0.6 is 11.3 Å². The first-order chi connectivity index (χ1) is 11.5. The number of fused-ring (bicyclic) bond motifs is 1. The Morgan fingerprint density at radius 2 is 2.04 bits per heavy atom. The second-order valence-corrected chi connectivity index (χ2v) is 7.23. The fraction of sp³-hybridized carbons (Fsp3) is 0.333. The SMILES string of the molecule is CC1(C)Nc2ccccc2N(CCOC(=O)Cc2cccs2)C1=O. The van der Waals surface area contributed by atoms with Crippen molar-refractivity contribution in [1.82, 2.24) is 0 Å². The molecular formula is C18H20N2O3S. The molecule has 1 aromatic heterocycles. The van der Waals surface area contributed by atoms with Crippen LogP contribution in [0.1, 0.15) is 18.7 Å². The van der Waals surface area contributed by atoms with Crippen LogP contribution in [0.25, 0.3) is 0 Å². The molecule has 1 aliphatic heterocycles. The number of hydrogen-bond acceptors (Lipinski definition) is 5. The van der Waals surface area contributed by atoms with Gasteiger partial charge in [-0.3, -0.25) is 9.59 Å². The Morgan fingerprint density at radius 3 is 2.79 bits per heavy atom. The second-order valence-electron chi connectivity index (χ2n) is 6.20. The minimum atomic E-state index is -0.685. The van der Waals surface area contributed by atoms with E-state index in [1.165, 1.54) is 11.3 Å². The molecule has 0 unspecified atom stereocenters. The molecule has 2 heterocycles. The Labute approximate surface area is 145 Å². The summed E-state index contributed by atoms with van der Waals surface area (Å²) in [6.07, 6.45) is 0.273. The van der Waals surface area contributed by atoms with Crippen molar-refractivity contribution in [3.63, 3.8) is 0 Å². The number of hydrogen-bond donors (Lipinski definition) is 1. The largest absolute Gasteiger partial charge is 0.464 e. The molecule has 24 heavy (non-hydrogen) atoms. The van der Waals surface area contributed by atoms with Crippen molar-refractivity contribution < 1.29 is 14.3 Å². The first-order valence-corrected chi connectivity index (χ1v) is 8.72. The van der Waals surface area contributed by atoms with Gasteiger partial charge in [-0.2, -0.15) is 0 Å². The summed E-state index contributed by atoms with van der Waals surface area (Å²) in [4.78, 5) is 27.2. The molecule has 0 bridgehead atoms. The molecule has 1 amide bonds. The van der Waals surface area contributed by atoms with Crippen molar-refractivity contribution >= 4 is 34.6 Å². The number of ether oxygens (including phenoxy) is 1. The minimum absolute atomic E-state index is 0.0319. The van der Waals surface area contributed by atoms with Gasteiger partial charge in [0.2, 0.25) is 0 Å². The molecule has 0 atom stereocenters. The van der Waals surface area contributed by atoms with Crippen LogP contribution in [0.3, 0.4) is 0 Å². The lowest BCUT2D eigenvalue weighted by Crippen LogP contribution is -2.54. The summed E-state index contributed by atoms with van der Waals surface area (Å²) < 4.78 is 5.30. The van der Waals surface area contributed by atoms with Crippen LogP contribution < -0.4 is 10.2 Å². The monoisotopic (exact) mass is 344 g/mol.